The Kier molecular flexibility index (Phi) is 3.92. The van der Waals surface area contributed by atoms with Crippen LogP contribution in [0.4, 0.5) is 0 Å². The van der Waals surface area contributed by atoms with Gasteiger partial charge in [-0.05, 0) is 16.7 Å². The van der Waals surface area contributed by atoms with Gasteiger partial charge in [0, 0.05) is 6.08 Å². The number of rotatable bonds is 3. The standard InChI is InChI=1S/C16H15NO/c1-17(18)13-12-16(14-8-4-2-5-9-14)15-10-6-3-7-11-15/h2-13H,1H3/b17-13-. The zero-order valence-electron chi connectivity index (χ0n) is 10.3. The minimum absolute atomic E-state index is 0.798. The smallest absolute Gasteiger partial charge is 0.174 e. The fourth-order valence-electron chi connectivity index (χ4n) is 1.77. The van der Waals surface area contributed by atoms with Crippen LogP contribution in [-0.2, 0) is 0 Å². The van der Waals surface area contributed by atoms with Crippen LogP contribution in [0.3, 0.4) is 0 Å². The van der Waals surface area contributed by atoms with Gasteiger partial charge in [-0.25, -0.2) is 4.74 Å². The first-order valence-electron chi connectivity index (χ1n) is 5.83. The Morgan fingerprint density at radius 3 is 1.72 bits per heavy atom. The quantitative estimate of drug-likeness (QED) is 0.348. The van der Waals surface area contributed by atoms with Gasteiger partial charge < -0.3 is 5.21 Å². The van der Waals surface area contributed by atoms with Crippen LogP contribution in [0.15, 0.2) is 66.7 Å². The number of benzene rings is 2. The third-order valence-electron chi connectivity index (χ3n) is 2.62. The number of hydrogen-bond acceptors (Lipinski definition) is 1. The minimum Gasteiger partial charge on any atom is -0.624 e. The fourth-order valence-corrected chi connectivity index (χ4v) is 1.77. The molecule has 0 saturated heterocycles. The molecule has 0 bridgehead atoms. The van der Waals surface area contributed by atoms with E-state index < -0.39 is 0 Å². The first-order valence-corrected chi connectivity index (χ1v) is 5.83. The summed E-state index contributed by atoms with van der Waals surface area (Å²) < 4.78 is 0.798. The van der Waals surface area contributed by atoms with Gasteiger partial charge in [-0.2, -0.15) is 0 Å². The highest BCUT2D eigenvalue weighted by Gasteiger charge is 2.03. The number of hydrogen-bond donors (Lipinski definition) is 0. The first kappa shape index (κ1) is 12.1. The molecule has 2 aromatic rings. The van der Waals surface area contributed by atoms with Crippen LogP contribution in [-0.4, -0.2) is 18.0 Å². The highest BCUT2D eigenvalue weighted by atomic mass is 16.5. The lowest BCUT2D eigenvalue weighted by Gasteiger charge is -2.07. The maximum atomic E-state index is 11.0. The van der Waals surface area contributed by atoms with Crippen molar-refractivity contribution in [1.29, 1.82) is 0 Å². The summed E-state index contributed by atoms with van der Waals surface area (Å²) >= 11 is 0. The second-order valence-electron chi connectivity index (χ2n) is 4.01. The Hall–Kier alpha value is -2.35. The van der Waals surface area contributed by atoms with Gasteiger partial charge in [0.25, 0.3) is 0 Å². The molecule has 2 nitrogen and oxygen atoms in total. The summed E-state index contributed by atoms with van der Waals surface area (Å²) in [5.74, 6) is 0. The Labute approximate surface area is 107 Å². The molecule has 0 aliphatic rings. The van der Waals surface area contributed by atoms with E-state index in [9.17, 15) is 5.21 Å². The van der Waals surface area contributed by atoms with Crippen molar-refractivity contribution in [3.05, 3.63) is 83.1 Å². The van der Waals surface area contributed by atoms with Crippen LogP contribution >= 0.6 is 0 Å². The molecule has 2 rings (SSSR count). The third-order valence-corrected chi connectivity index (χ3v) is 2.62. The molecule has 0 unspecified atom stereocenters. The van der Waals surface area contributed by atoms with Gasteiger partial charge in [-0.15, -0.1) is 0 Å². The van der Waals surface area contributed by atoms with Crippen LogP contribution in [0.1, 0.15) is 11.1 Å². The average molecular weight is 237 g/mol. The van der Waals surface area contributed by atoms with Gasteiger partial charge >= 0.3 is 0 Å². The molecule has 0 aliphatic heterocycles. The predicted octanol–water partition coefficient (Wildman–Crippen LogP) is 3.33. The number of nitrogens with zero attached hydrogens (tertiary/aromatic N) is 1. The van der Waals surface area contributed by atoms with Gasteiger partial charge in [0.15, 0.2) is 6.21 Å². The average Bonchev–Trinajstić information content (AvgIpc) is 2.41. The van der Waals surface area contributed by atoms with Crippen molar-refractivity contribution in [3.63, 3.8) is 0 Å². The Balaban J connectivity index is 2.49. The van der Waals surface area contributed by atoms with Crippen LogP contribution in [0.25, 0.3) is 5.57 Å². The number of allylic oxidation sites excluding steroid dienone is 1. The van der Waals surface area contributed by atoms with Gasteiger partial charge in [-0.1, -0.05) is 60.7 Å². The third kappa shape index (κ3) is 3.08. The molecule has 0 spiro atoms. The summed E-state index contributed by atoms with van der Waals surface area (Å²) in [5.41, 5.74) is 3.24. The van der Waals surface area contributed by atoms with E-state index in [-0.39, 0.29) is 0 Å². The summed E-state index contributed by atoms with van der Waals surface area (Å²) in [5, 5.41) is 11.0. The van der Waals surface area contributed by atoms with E-state index in [0.717, 1.165) is 21.4 Å². The summed E-state index contributed by atoms with van der Waals surface area (Å²) in [6.45, 7) is 0. The van der Waals surface area contributed by atoms with Crippen molar-refractivity contribution in [2.45, 2.75) is 0 Å². The van der Waals surface area contributed by atoms with E-state index in [4.69, 9.17) is 0 Å². The van der Waals surface area contributed by atoms with Crippen molar-refractivity contribution in [2.24, 2.45) is 0 Å². The lowest BCUT2D eigenvalue weighted by atomic mass is 9.98. The number of hydroxylamine groups is 1. The van der Waals surface area contributed by atoms with E-state index >= 15 is 0 Å². The lowest BCUT2D eigenvalue weighted by molar-refractivity contribution is -0.416. The van der Waals surface area contributed by atoms with E-state index in [0.29, 0.717) is 0 Å². The van der Waals surface area contributed by atoms with Gasteiger partial charge in [0.1, 0.15) is 7.05 Å². The second-order valence-corrected chi connectivity index (χ2v) is 4.01. The largest absolute Gasteiger partial charge is 0.624 e. The monoisotopic (exact) mass is 237 g/mol. The molecule has 18 heavy (non-hydrogen) atoms. The topological polar surface area (TPSA) is 26.1 Å². The molecular formula is C16H15NO. The van der Waals surface area contributed by atoms with Crippen LogP contribution in [0.2, 0.25) is 0 Å². The molecule has 90 valence electrons. The molecule has 0 atom stereocenters. The molecular weight excluding hydrogens is 222 g/mol. The van der Waals surface area contributed by atoms with E-state index in [1.165, 1.54) is 13.3 Å². The minimum atomic E-state index is 0.798. The molecule has 0 amide bonds. The Morgan fingerprint density at radius 1 is 0.889 bits per heavy atom. The molecule has 2 aromatic carbocycles. The second kappa shape index (κ2) is 5.82. The summed E-state index contributed by atoms with van der Waals surface area (Å²) in [4.78, 5) is 0. The van der Waals surface area contributed by atoms with Crippen molar-refractivity contribution < 1.29 is 4.74 Å². The molecule has 0 heterocycles. The van der Waals surface area contributed by atoms with E-state index in [1.54, 1.807) is 0 Å². The highest BCUT2D eigenvalue weighted by molar-refractivity contribution is 5.89. The maximum Gasteiger partial charge on any atom is 0.174 e. The lowest BCUT2D eigenvalue weighted by Crippen LogP contribution is -1.95. The molecule has 0 N–H and O–H groups in total. The molecule has 0 aromatic heterocycles. The Bertz CT molecular complexity index is 511. The summed E-state index contributed by atoms with van der Waals surface area (Å²) in [6.07, 6.45) is 3.37. The van der Waals surface area contributed by atoms with Crippen LogP contribution in [0, 0.1) is 5.21 Å². The zero-order valence-corrected chi connectivity index (χ0v) is 10.3. The highest BCUT2D eigenvalue weighted by Crippen LogP contribution is 2.22. The van der Waals surface area contributed by atoms with E-state index in [2.05, 4.69) is 0 Å². The van der Waals surface area contributed by atoms with Crippen molar-refractivity contribution in [1.82, 2.24) is 0 Å². The van der Waals surface area contributed by atoms with E-state index in [1.807, 2.05) is 66.7 Å². The summed E-state index contributed by atoms with van der Waals surface area (Å²) in [7, 11) is 1.48. The van der Waals surface area contributed by atoms with Crippen molar-refractivity contribution in [3.8, 4) is 0 Å². The predicted molar refractivity (Wildman–Crippen MR) is 75.6 cm³/mol. The zero-order chi connectivity index (χ0) is 12.8. The maximum absolute atomic E-state index is 11.0. The van der Waals surface area contributed by atoms with Crippen LogP contribution in [0.5, 0.6) is 0 Å². The summed E-state index contributed by atoms with van der Waals surface area (Å²) in [6, 6.07) is 20.1. The van der Waals surface area contributed by atoms with Gasteiger partial charge in [-0.3, -0.25) is 0 Å². The van der Waals surface area contributed by atoms with Crippen LogP contribution < -0.4 is 0 Å². The van der Waals surface area contributed by atoms with Crippen molar-refractivity contribution >= 4 is 11.8 Å². The molecule has 0 radical (unpaired) electrons. The molecule has 2 heteroatoms. The van der Waals surface area contributed by atoms with Crippen molar-refractivity contribution in [2.75, 3.05) is 7.05 Å². The SMILES string of the molecule is C/[N+]([O-])=C/C=C(c1ccccc1)c1ccccc1. The molecule has 0 aliphatic carbocycles. The Morgan fingerprint density at radius 2 is 1.33 bits per heavy atom. The fraction of sp³-hybridized carbons (Fsp3) is 0.0625. The van der Waals surface area contributed by atoms with Gasteiger partial charge in [0.2, 0.25) is 0 Å². The molecule has 0 fully saturated rings. The molecule has 0 saturated carbocycles. The first-order chi connectivity index (χ1) is 8.77. The van der Waals surface area contributed by atoms with Gasteiger partial charge in [0.05, 0.1) is 0 Å². The normalized spacial score (nSPS) is 11.1.